The summed E-state index contributed by atoms with van der Waals surface area (Å²) in [5, 5.41) is 9.79. The van der Waals surface area contributed by atoms with Crippen molar-refractivity contribution in [2.24, 2.45) is 0 Å². The number of aromatic amines is 1. The van der Waals surface area contributed by atoms with Gasteiger partial charge in [0.2, 0.25) is 0 Å². The third-order valence-corrected chi connectivity index (χ3v) is 2.35. The summed E-state index contributed by atoms with van der Waals surface area (Å²) >= 11 is 0. The Labute approximate surface area is 87.4 Å². The molecular formula is C12H12FNO. The van der Waals surface area contributed by atoms with Crippen LogP contribution in [0, 0.1) is 5.82 Å². The maximum atomic E-state index is 13.3. The molecule has 3 heteroatoms. The van der Waals surface area contributed by atoms with Crippen LogP contribution in [0.2, 0.25) is 0 Å². The van der Waals surface area contributed by atoms with Crippen LogP contribution >= 0.6 is 0 Å². The summed E-state index contributed by atoms with van der Waals surface area (Å²) in [6.45, 7) is 0. The average molecular weight is 205 g/mol. The predicted octanol–water partition coefficient (Wildman–Crippen LogP) is 2.43. The Balaban J connectivity index is 2.13. The molecule has 78 valence electrons. The highest BCUT2D eigenvalue weighted by Crippen LogP contribution is 2.18. The first-order valence-electron chi connectivity index (χ1n) is 4.82. The minimum atomic E-state index is -0.683. The van der Waals surface area contributed by atoms with Crippen LogP contribution in [-0.4, -0.2) is 10.1 Å². The summed E-state index contributed by atoms with van der Waals surface area (Å²) in [6, 6.07) is 10.1. The van der Waals surface area contributed by atoms with Crippen LogP contribution in [0.1, 0.15) is 17.4 Å². The second kappa shape index (κ2) is 4.28. The summed E-state index contributed by atoms with van der Waals surface area (Å²) in [5.41, 5.74) is 1.23. The molecule has 0 fully saturated rings. The van der Waals surface area contributed by atoms with Gasteiger partial charge in [-0.3, -0.25) is 0 Å². The normalized spacial score (nSPS) is 12.7. The lowest BCUT2D eigenvalue weighted by molar-refractivity contribution is 0.173. The molecule has 1 heterocycles. The van der Waals surface area contributed by atoms with E-state index in [9.17, 15) is 9.50 Å². The van der Waals surface area contributed by atoms with Crippen LogP contribution < -0.4 is 0 Å². The van der Waals surface area contributed by atoms with Gasteiger partial charge in [0.1, 0.15) is 5.82 Å². The lowest BCUT2D eigenvalue weighted by Crippen LogP contribution is -2.03. The molecular weight excluding hydrogens is 193 g/mol. The van der Waals surface area contributed by atoms with Gasteiger partial charge in [0.05, 0.1) is 6.10 Å². The maximum Gasteiger partial charge on any atom is 0.126 e. The van der Waals surface area contributed by atoms with Crippen LogP contribution in [-0.2, 0) is 6.42 Å². The van der Waals surface area contributed by atoms with Crippen LogP contribution in [0.15, 0.2) is 42.6 Å². The minimum absolute atomic E-state index is 0.275. The van der Waals surface area contributed by atoms with Crippen LogP contribution in [0.25, 0.3) is 0 Å². The summed E-state index contributed by atoms with van der Waals surface area (Å²) in [6.07, 6.45) is 1.34. The molecule has 1 aromatic heterocycles. The molecule has 0 amide bonds. The van der Waals surface area contributed by atoms with Gasteiger partial charge in [0.15, 0.2) is 0 Å². The number of nitrogens with one attached hydrogen (secondary N) is 1. The smallest absolute Gasteiger partial charge is 0.126 e. The van der Waals surface area contributed by atoms with Gasteiger partial charge in [-0.25, -0.2) is 4.39 Å². The minimum Gasteiger partial charge on any atom is -0.387 e. The molecule has 0 aliphatic heterocycles. The molecule has 0 aliphatic carbocycles. The van der Waals surface area contributed by atoms with Gasteiger partial charge in [-0.2, -0.15) is 0 Å². The molecule has 0 aliphatic rings. The van der Waals surface area contributed by atoms with Crippen molar-refractivity contribution in [3.05, 3.63) is 59.7 Å². The molecule has 1 unspecified atom stereocenters. The van der Waals surface area contributed by atoms with E-state index in [0.29, 0.717) is 11.3 Å². The maximum absolute atomic E-state index is 13.3. The van der Waals surface area contributed by atoms with Crippen molar-refractivity contribution in [2.45, 2.75) is 12.5 Å². The first-order chi connectivity index (χ1) is 7.27. The van der Waals surface area contributed by atoms with Gasteiger partial charge in [-0.1, -0.05) is 18.2 Å². The molecule has 2 rings (SSSR count). The van der Waals surface area contributed by atoms with E-state index in [1.54, 1.807) is 36.5 Å². The van der Waals surface area contributed by atoms with E-state index >= 15 is 0 Å². The van der Waals surface area contributed by atoms with Crippen molar-refractivity contribution in [1.29, 1.82) is 0 Å². The van der Waals surface area contributed by atoms with Crippen molar-refractivity contribution in [3.8, 4) is 0 Å². The Bertz CT molecular complexity index is 425. The first kappa shape index (κ1) is 9.93. The van der Waals surface area contributed by atoms with Gasteiger partial charge in [0, 0.05) is 18.3 Å². The Morgan fingerprint density at radius 1 is 1.20 bits per heavy atom. The lowest BCUT2D eigenvalue weighted by Gasteiger charge is -2.09. The number of aliphatic hydroxyl groups excluding tert-OH is 1. The Morgan fingerprint density at radius 3 is 2.67 bits per heavy atom. The van der Waals surface area contributed by atoms with E-state index in [2.05, 4.69) is 4.98 Å². The highest BCUT2D eigenvalue weighted by atomic mass is 19.1. The zero-order valence-corrected chi connectivity index (χ0v) is 8.15. The Morgan fingerprint density at radius 2 is 2.00 bits per heavy atom. The molecule has 2 aromatic rings. The van der Waals surface area contributed by atoms with Crippen molar-refractivity contribution in [1.82, 2.24) is 4.98 Å². The van der Waals surface area contributed by atoms with Gasteiger partial charge in [-0.05, 0) is 23.8 Å². The molecule has 2 nitrogen and oxygen atoms in total. The fourth-order valence-corrected chi connectivity index (χ4v) is 1.53. The molecule has 1 aromatic carbocycles. The second-order valence-corrected chi connectivity index (χ2v) is 3.44. The molecule has 0 radical (unpaired) electrons. The van der Waals surface area contributed by atoms with Gasteiger partial charge >= 0.3 is 0 Å². The van der Waals surface area contributed by atoms with Crippen LogP contribution in [0.5, 0.6) is 0 Å². The highest BCUT2D eigenvalue weighted by molar-refractivity contribution is 5.20. The monoisotopic (exact) mass is 205 g/mol. The van der Waals surface area contributed by atoms with Crippen molar-refractivity contribution in [3.63, 3.8) is 0 Å². The van der Waals surface area contributed by atoms with E-state index in [1.165, 1.54) is 6.07 Å². The van der Waals surface area contributed by atoms with Crippen molar-refractivity contribution < 1.29 is 9.50 Å². The number of halogens is 1. The summed E-state index contributed by atoms with van der Waals surface area (Å²) in [7, 11) is 0. The van der Waals surface area contributed by atoms with Gasteiger partial charge < -0.3 is 10.1 Å². The third kappa shape index (κ3) is 2.25. The lowest BCUT2D eigenvalue weighted by atomic mass is 10.1. The average Bonchev–Trinajstić information content (AvgIpc) is 2.74. The molecule has 15 heavy (non-hydrogen) atoms. The highest BCUT2D eigenvalue weighted by Gasteiger charge is 2.11. The molecule has 0 saturated carbocycles. The molecule has 0 spiro atoms. The first-order valence-corrected chi connectivity index (χ1v) is 4.82. The van der Waals surface area contributed by atoms with E-state index in [4.69, 9.17) is 0 Å². The predicted molar refractivity (Wildman–Crippen MR) is 55.9 cm³/mol. The van der Waals surface area contributed by atoms with E-state index in [1.807, 2.05) is 0 Å². The quantitative estimate of drug-likeness (QED) is 0.793. The number of aliphatic hydroxyl groups is 1. The van der Waals surface area contributed by atoms with Gasteiger partial charge in [-0.15, -0.1) is 0 Å². The number of hydrogen-bond donors (Lipinski definition) is 2. The number of hydrogen-bond acceptors (Lipinski definition) is 1. The summed E-state index contributed by atoms with van der Waals surface area (Å²) in [5.74, 6) is -0.275. The largest absolute Gasteiger partial charge is 0.387 e. The Kier molecular flexibility index (Phi) is 2.83. The van der Waals surface area contributed by atoms with E-state index in [0.717, 1.165) is 0 Å². The van der Waals surface area contributed by atoms with Crippen molar-refractivity contribution >= 4 is 0 Å². The standard InChI is InChI=1S/C12H12FNO/c13-10-5-2-1-4-9(10)8-12(15)11-6-3-7-14-11/h1-7,12,14-15H,8H2. The number of rotatable bonds is 3. The van der Waals surface area contributed by atoms with Crippen LogP contribution in [0.3, 0.4) is 0 Å². The van der Waals surface area contributed by atoms with E-state index < -0.39 is 6.10 Å². The molecule has 0 bridgehead atoms. The summed E-state index contributed by atoms with van der Waals surface area (Å²) < 4.78 is 13.3. The zero-order chi connectivity index (χ0) is 10.7. The number of aromatic nitrogens is 1. The van der Waals surface area contributed by atoms with E-state index in [-0.39, 0.29) is 12.2 Å². The molecule has 2 N–H and O–H groups in total. The van der Waals surface area contributed by atoms with Gasteiger partial charge in [0.25, 0.3) is 0 Å². The fraction of sp³-hybridized carbons (Fsp3) is 0.167. The zero-order valence-electron chi connectivity index (χ0n) is 8.15. The fourth-order valence-electron chi connectivity index (χ4n) is 1.53. The number of H-pyrrole nitrogens is 1. The summed E-state index contributed by atoms with van der Waals surface area (Å²) in [4.78, 5) is 2.90. The third-order valence-electron chi connectivity index (χ3n) is 2.35. The van der Waals surface area contributed by atoms with Crippen LogP contribution in [0.4, 0.5) is 4.39 Å². The SMILES string of the molecule is OC(Cc1ccccc1F)c1ccc[nH]1. The second-order valence-electron chi connectivity index (χ2n) is 3.44. The van der Waals surface area contributed by atoms with Crippen molar-refractivity contribution in [2.75, 3.05) is 0 Å². The topological polar surface area (TPSA) is 36.0 Å². The molecule has 0 saturated heterocycles. The molecule has 1 atom stereocenters. The number of benzene rings is 1. The Hall–Kier alpha value is -1.61.